The monoisotopic (exact) mass is 401 g/mol. The summed E-state index contributed by atoms with van der Waals surface area (Å²) >= 11 is 1.67. The van der Waals surface area contributed by atoms with Crippen LogP contribution in [0.25, 0.3) is 10.6 Å². The molecule has 7 nitrogen and oxygen atoms in total. The Morgan fingerprint density at radius 2 is 1.82 bits per heavy atom. The van der Waals surface area contributed by atoms with Crippen LogP contribution in [0.3, 0.4) is 0 Å². The maximum atomic E-state index is 12.0. The zero-order valence-electron chi connectivity index (χ0n) is 16.2. The molecule has 150 valence electrons. The quantitative estimate of drug-likeness (QED) is 0.744. The van der Waals surface area contributed by atoms with E-state index in [1.807, 2.05) is 25.1 Å². The maximum absolute atomic E-state index is 12.0. The van der Waals surface area contributed by atoms with E-state index in [9.17, 15) is 9.59 Å². The van der Waals surface area contributed by atoms with Gasteiger partial charge in [-0.25, -0.2) is 9.78 Å². The molecule has 8 heteroatoms. The average molecular weight is 402 g/mol. The molecule has 2 aromatic rings. The van der Waals surface area contributed by atoms with Crippen LogP contribution in [0.15, 0.2) is 35.7 Å². The summed E-state index contributed by atoms with van der Waals surface area (Å²) in [5.41, 5.74) is 2.24. The van der Waals surface area contributed by atoms with Gasteiger partial charge in [0.25, 0.3) is 0 Å². The number of carbonyl (C=O) groups excluding carboxylic acids is 2. The molecule has 3 amide bonds. The number of urea groups is 1. The van der Waals surface area contributed by atoms with Crippen LogP contribution < -0.4 is 10.6 Å². The van der Waals surface area contributed by atoms with E-state index in [0.717, 1.165) is 55.4 Å². The second kappa shape index (κ2) is 10.3. The van der Waals surface area contributed by atoms with E-state index < -0.39 is 6.03 Å². The van der Waals surface area contributed by atoms with Gasteiger partial charge in [0.15, 0.2) is 0 Å². The number of hydrogen-bond donors (Lipinski definition) is 2. The molecule has 2 N–H and O–H groups in total. The van der Waals surface area contributed by atoms with Crippen molar-refractivity contribution < 1.29 is 9.59 Å². The van der Waals surface area contributed by atoms with E-state index in [-0.39, 0.29) is 12.5 Å². The topological polar surface area (TPSA) is 77.6 Å². The summed E-state index contributed by atoms with van der Waals surface area (Å²) in [4.78, 5) is 32.7. The summed E-state index contributed by atoms with van der Waals surface area (Å²) in [5.74, 6) is -0.256. The molecule has 28 heavy (non-hydrogen) atoms. The Hall–Kier alpha value is -2.29. The van der Waals surface area contributed by atoms with Crippen molar-refractivity contribution in [3.8, 4) is 10.6 Å². The van der Waals surface area contributed by atoms with Gasteiger partial charge in [-0.1, -0.05) is 37.3 Å². The highest BCUT2D eigenvalue weighted by Crippen LogP contribution is 2.24. The molecular weight excluding hydrogens is 374 g/mol. The Labute approximate surface area is 169 Å². The molecule has 1 saturated heterocycles. The fraction of sp³-hybridized carbons (Fsp3) is 0.450. The second-order valence-electron chi connectivity index (χ2n) is 6.87. The van der Waals surface area contributed by atoms with Crippen molar-refractivity contribution in [1.82, 2.24) is 25.4 Å². The van der Waals surface area contributed by atoms with Crippen LogP contribution >= 0.6 is 11.3 Å². The fourth-order valence-electron chi connectivity index (χ4n) is 3.08. The lowest BCUT2D eigenvalue weighted by Gasteiger charge is -2.33. The highest BCUT2D eigenvalue weighted by molar-refractivity contribution is 7.13. The van der Waals surface area contributed by atoms with Crippen LogP contribution in [-0.2, 0) is 11.3 Å². The molecule has 0 aliphatic carbocycles. The Bertz CT molecular complexity index is 772. The van der Waals surface area contributed by atoms with Gasteiger partial charge in [0.2, 0.25) is 5.91 Å². The van der Waals surface area contributed by atoms with Gasteiger partial charge in [0, 0.05) is 50.2 Å². The zero-order valence-corrected chi connectivity index (χ0v) is 17.0. The van der Waals surface area contributed by atoms with Gasteiger partial charge in [0.1, 0.15) is 5.01 Å². The number of piperazine rings is 1. The first-order valence-corrected chi connectivity index (χ1v) is 10.5. The number of nitrogens with one attached hydrogen (secondary N) is 2. The molecule has 1 aliphatic heterocycles. The number of benzene rings is 1. The zero-order chi connectivity index (χ0) is 19.8. The molecule has 1 fully saturated rings. The number of carbonyl (C=O) groups is 2. The lowest BCUT2D eigenvalue weighted by atomic mass is 10.2. The van der Waals surface area contributed by atoms with Crippen molar-refractivity contribution in [3.05, 3.63) is 41.4 Å². The van der Waals surface area contributed by atoms with Gasteiger partial charge in [-0.2, -0.15) is 0 Å². The number of amides is 3. The first-order chi connectivity index (χ1) is 13.6. The summed E-state index contributed by atoms with van der Waals surface area (Å²) in [5, 5.41) is 8.19. The van der Waals surface area contributed by atoms with E-state index in [0.29, 0.717) is 6.54 Å². The molecule has 0 unspecified atom stereocenters. The van der Waals surface area contributed by atoms with Gasteiger partial charge < -0.3 is 5.32 Å². The van der Waals surface area contributed by atoms with Crippen LogP contribution in [0, 0.1) is 0 Å². The van der Waals surface area contributed by atoms with Crippen LogP contribution in [0.2, 0.25) is 0 Å². The van der Waals surface area contributed by atoms with E-state index in [1.165, 1.54) is 0 Å². The summed E-state index contributed by atoms with van der Waals surface area (Å²) in [6, 6.07) is 9.81. The summed E-state index contributed by atoms with van der Waals surface area (Å²) < 4.78 is 0. The molecule has 1 aliphatic rings. The Morgan fingerprint density at radius 1 is 1.11 bits per heavy atom. The Balaban J connectivity index is 1.40. The van der Waals surface area contributed by atoms with Gasteiger partial charge >= 0.3 is 6.03 Å². The molecule has 0 atom stereocenters. The molecule has 1 aromatic carbocycles. The van der Waals surface area contributed by atoms with E-state index in [2.05, 4.69) is 37.9 Å². The number of rotatable bonds is 7. The number of imide groups is 1. The average Bonchev–Trinajstić information content (AvgIpc) is 3.17. The third kappa shape index (κ3) is 6.12. The molecule has 0 spiro atoms. The summed E-state index contributed by atoms with van der Waals surface area (Å²) in [6.07, 6.45) is 0.843. The van der Waals surface area contributed by atoms with E-state index in [1.54, 1.807) is 11.3 Å². The molecule has 0 bridgehead atoms. The smallest absolute Gasteiger partial charge is 0.321 e. The number of nitrogens with zero attached hydrogens (tertiary/aromatic N) is 3. The Kier molecular flexibility index (Phi) is 7.53. The number of hydrogen-bond acceptors (Lipinski definition) is 6. The SMILES string of the molecule is CCCNC(=O)NC(=O)CN1CCN(Cc2csc(-c3ccccc3)n2)CC1. The normalized spacial score (nSPS) is 15.3. The maximum Gasteiger partial charge on any atom is 0.321 e. The minimum atomic E-state index is -0.414. The van der Waals surface area contributed by atoms with Crippen LogP contribution in [0.5, 0.6) is 0 Å². The first-order valence-electron chi connectivity index (χ1n) is 9.66. The molecule has 0 radical (unpaired) electrons. The lowest BCUT2D eigenvalue weighted by molar-refractivity contribution is -0.121. The fourth-order valence-corrected chi connectivity index (χ4v) is 3.90. The minimum Gasteiger partial charge on any atom is -0.338 e. The molecular formula is C20H27N5O2S. The minimum absolute atomic E-state index is 0.252. The summed E-state index contributed by atoms with van der Waals surface area (Å²) in [7, 11) is 0. The largest absolute Gasteiger partial charge is 0.338 e. The van der Waals surface area contributed by atoms with Gasteiger partial charge in [-0.3, -0.25) is 19.9 Å². The van der Waals surface area contributed by atoms with Crippen LogP contribution in [0.1, 0.15) is 19.0 Å². The third-order valence-corrected chi connectivity index (χ3v) is 5.52. The van der Waals surface area contributed by atoms with Crippen molar-refractivity contribution in [1.29, 1.82) is 0 Å². The van der Waals surface area contributed by atoms with Crippen molar-refractivity contribution in [2.45, 2.75) is 19.9 Å². The molecule has 1 aromatic heterocycles. The molecule has 2 heterocycles. The van der Waals surface area contributed by atoms with Crippen molar-refractivity contribution in [2.24, 2.45) is 0 Å². The van der Waals surface area contributed by atoms with Crippen molar-refractivity contribution in [2.75, 3.05) is 39.3 Å². The standard InChI is InChI=1S/C20H27N5O2S/c1-2-8-21-20(27)23-18(26)14-25-11-9-24(10-12-25)13-17-15-28-19(22-17)16-6-4-3-5-7-16/h3-7,15H,2,8-14H2,1H3,(H2,21,23,26,27). The van der Waals surface area contributed by atoms with Gasteiger partial charge in [0.05, 0.1) is 12.2 Å². The van der Waals surface area contributed by atoms with E-state index >= 15 is 0 Å². The van der Waals surface area contributed by atoms with Crippen molar-refractivity contribution >= 4 is 23.3 Å². The van der Waals surface area contributed by atoms with Crippen LogP contribution in [0.4, 0.5) is 4.79 Å². The predicted octanol–water partition coefficient (Wildman–Crippen LogP) is 2.16. The molecule has 0 saturated carbocycles. The summed E-state index contributed by atoms with van der Waals surface area (Å²) in [6.45, 7) is 6.99. The third-order valence-electron chi connectivity index (χ3n) is 4.58. The predicted molar refractivity (Wildman–Crippen MR) is 111 cm³/mol. The Morgan fingerprint density at radius 3 is 2.54 bits per heavy atom. The number of aromatic nitrogens is 1. The van der Waals surface area contributed by atoms with Gasteiger partial charge in [-0.05, 0) is 6.42 Å². The van der Waals surface area contributed by atoms with Crippen LogP contribution in [-0.4, -0.2) is 66.0 Å². The second-order valence-corrected chi connectivity index (χ2v) is 7.72. The first kappa shape index (κ1) is 20.4. The number of thiazole rings is 1. The van der Waals surface area contributed by atoms with Gasteiger partial charge in [-0.15, -0.1) is 11.3 Å². The highest BCUT2D eigenvalue weighted by atomic mass is 32.1. The lowest BCUT2D eigenvalue weighted by Crippen LogP contribution is -2.50. The molecule has 3 rings (SSSR count). The van der Waals surface area contributed by atoms with Crippen molar-refractivity contribution in [3.63, 3.8) is 0 Å². The van der Waals surface area contributed by atoms with E-state index in [4.69, 9.17) is 4.98 Å². The highest BCUT2D eigenvalue weighted by Gasteiger charge is 2.20.